The highest BCUT2D eigenvalue weighted by Gasteiger charge is 2.37. The first kappa shape index (κ1) is 9.85. The minimum atomic E-state index is 0.118. The van der Waals surface area contributed by atoms with Gasteiger partial charge in [0, 0.05) is 10.9 Å². The van der Waals surface area contributed by atoms with Gasteiger partial charge < -0.3 is 10.3 Å². The third kappa shape index (κ3) is 1.61. The van der Waals surface area contributed by atoms with Crippen LogP contribution in [-0.2, 0) is 6.42 Å². The van der Waals surface area contributed by atoms with Crippen molar-refractivity contribution in [2.24, 2.45) is 5.73 Å². The van der Waals surface area contributed by atoms with Crippen LogP contribution in [-0.4, -0.2) is 10.7 Å². The highest BCUT2D eigenvalue weighted by molar-refractivity contribution is 5.82. The molecule has 2 N–H and O–H groups in total. The number of aryl methyl sites for hydroxylation is 2. The van der Waals surface area contributed by atoms with E-state index in [1.54, 1.807) is 0 Å². The molecule has 0 atom stereocenters. The topological polar surface area (TPSA) is 52.0 Å². The van der Waals surface area contributed by atoms with Gasteiger partial charge in [-0.1, -0.05) is 17.3 Å². The van der Waals surface area contributed by atoms with Crippen molar-refractivity contribution in [2.75, 3.05) is 0 Å². The molecule has 0 unspecified atom stereocenters. The molecule has 0 spiro atoms. The summed E-state index contributed by atoms with van der Waals surface area (Å²) in [6.45, 7) is 1.99. The van der Waals surface area contributed by atoms with E-state index in [-0.39, 0.29) is 5.54 Å². The maximum absolute atomic E-state index is 6.11. The van der Waals surface area contributed by atoms with Crippen molar-refractivity contribution in [2.45, 2.75) is 38.1 Å². The number of rotatable bonds is 3. The summed E-state index contributed by atoms with van der Waals surface area (Å²) in [5, 5.41) is 5.18. The van der Waals surface area contributed by atoms with Crippen LogP contribution < -0.4 is 5.73 Å². The SMILES string of the molecule is Cc1noc2cccc(CCC3(N)CC3)c12. The van der Waals surface area contributed by atoms with Crippen LogP contribution in [0, 0.1) is 6.92 Å². The van der Waals surface area contributed by atoms with Crippen molar-refractivity contribution in [3.8, 4) is 0 Å². The van der Waals surface area contributed by atoms with Gasteiger partial charge >= 0.3 is 0 Å². The maximum Gasteiger partial charge on any atom is 0.167 e. The summed E-state index contributed by atoms with van der Waals surface area (Å²) < 4.78 is 5.26. The Hall–Kier alpha value is -1.35. The van der Waals surface area contributed by atoms with E-state index in [9.17, 15) is 0 Å². The molecule has 3 nitrogen and oxygen atoms in total. The number of nitrogens with two attached hydrogens (primary N) is 1. The summed E-state index contributed by atoms with van der Waals surface area (Å²) in [5.41, 5.74) is 9.41. The monoisotopic (exact) mass is 216 g/mol. The van der Waals surface area contributed by atoms with Gasteiger partial charge in [0.2, 0.25) is 0 Å². The number of hydrogen-bond acceptors (Lipinski definition) is 3. The zero-order valence-electron chi connectivity index (χ0n) is 9.49. The number of aromatic nitrogens is 1. The van der Waals surface area contributed by atoms with Crippen LogP contribution >= 0.6 is 0 Å². The fraction of sp³-hybridized carbons (Fsp3) is 0.462. The third-order valence-electron chi connectivity index (χ3n) is 3.54. The molecule has 1 saturated carbocycles. The molecule has 2 aromatic rings. The van der Waals surface area contributed by atoms with E-state index in [4.69, 9.17) is 10.3 Å². The Bertz CT molecular complexity index is 526. The number of nitrogens with zero attached hydrogens (tertiary/aromatic N) is 1. The first-order valence-corrected chi connectivity index (χ1v) is 5.81. The predicted molar refractivity (Wildman–Crippen MR) is 63.2 cm³/mol. The Morgan fingerprint density at radius 1 is 1.44 bits per heavy atom. The molecule has 0 amide bonds. The second-order valence-corrected chi connectivity index (χ2v) is 4.92. The van der Waals surface area contributed by atoms with E-state index in [1.165, 1.54) is 23.8 Å². The minimum Gasteiger partial charge on any atom is -0.356 e. The molecule has 16 heavy (non-hydrogen) atoms. The Morgan fingerprint density at radius 2 is 2.25 bits per heavy atom. The molecule has 1 aromatic heterocycles. The van der Waals surface area contributed by atoms with E-state index in [0.29, 0.717) is 0 Å². The predicted octanol–water partition coefficient (Wildman–Crippen LogP) is 2.56. The Morgan fingerprint density at radius 3 is 3.00 bits per heavy atom. The van der Waals surface area contributed by atoms with Crippen LogP contribution in [0.25, 0.3) is 11.0 Å². The third-order valence-corrected chi connectivity index (χ3v) is 3.54. The molecule has 3 rings (SSSR count). The molecule has 1 fully saturated rings. The maximum atomic E-state index is 6.11. The Balaban J connectivity index is 1.93. The molecule has 1 aliphatic rings. The summed E-state index contributed by atoms with van der Waals surface area (Å²) in [6.07, 6.45) is 4.43. The highest BCUT2D eigenvalue weighted by atomic mass is 16.5. The van der Waals surface area contributed by atoms with Gasteiger partial charge in [0.1, 0.15) is 0 Å². The van der Waals surface area contributed by atoms with Gasteiger partial charge in [0.25, 0.3) is 0 Å². The zero-order valence-corrected chi connectivity index (χ0v) is 9.49. The molecule has 0 bridgehead atoms. The lowest BCUT2D eigenvalue weighted by Crippen LogP contribution is -2.22. The first-order valence-electron chi connectivity index (χ1n) is 5.81. The summed E-state index contributed by atoms with van der Waals surface area (Å²) >= 11 is 0. The molecule has 0 radical (unpaired) electrons. The molecular weight excluding hydrogens is 200 g/mol. The van der Waals surface area contributed by atoms with Gasteiger partial charge in [-0.2, -0.15) is 0 Å². The minimum absolute atomic E-state index is 0.118. The number of fused-ring (bicyclic) bond motifs is 1. The molecule has 1 aromatic carbocycles. The van der Waals surface area contributed by atoms with E-state index in [0.717, 1.165) is 24.1 Å². The average Bonchev–Trinajstić information content (AvgIpc) is 2.90. The molecular formula is C13H16N2O. The van der Waals surface area contributed by atoms with Gasteiger partial charge in [-0.25, -0.2) is 0 Å². The van der Waals surface area contributed by atoms with Crippen molar-refractivity contribution in [3.05, 3.63) is 29.5 Å². The Kier molecular flexibility index (Phi) is 2.04. The van der Waals surface area contributed by atoms with E-state index < -0.39 is 0 Å². The highest BCUT2D eigenvalue weighted by Crippen LogP contribution is 2.37. The average molecular weight is 216 g/mol. The summed E-state index contributed by atoms with van der Waals surface area (Å²) in [7, 11) is 0. The first-order chi connectivity index (χ1) is 7.68. The lowest BCUT2D eigenvalue weighted by atomic mass is 10.0. The van der Waals surface area contributed by atoms with Crippen molar-refractivity contribution in [1.82, 2.24) is 5.16 Å². The molecule has 1 aliphatic carbocycles. The van der Waals surface area contributed by atoms with E-state index in [2.05, 4.69) is 11.2 Å². The van der Waals surface area contributed by atoms with Crippen LogP contribution in [0.5, 0.6) is 0 Å². The van der Waals surface area contributed by atoms with Crippen LogP contribution in [0.1, 0.15) is 30.5 Å². The van der Waals surface area contributed by atoms with Gasteiger partial charge in [0.05, 0.1) is 5.69 Å². The van der Waals surface area contributed by atoms with Gasteiger partial charge in [-0.3, -0.25) is 0 Å². The summed E-state index contributed by atoms with van der Waals surface area (Å²) in [5.74, 6) is 0. The molecule has 0 aliphatic heterocycles. The van der Waals surface area contributed by atoms with Crippen molar-refractivity contribution < 1.29 is 4.52 Å². The van der Waals surface area contributed by atoms with Crippen LogP contribution in [0.15, 0.2) is 22.7 Å². The van der Waals surface area contributed by atoms with Gasteiger partial charge in [-0.15, -0.1) is 0 Å². The van der Waals surface area contributed by atoms with E-state index in [1.807, 2.05) is 19.1 Å². The number of hydrogen-bond donors (Lipinski definition) is 1. The standard InChI is InChI=1S/C13H16N2O/c1-9-12-10(5-6-13(14)7-8-13)3-2-4-11(12)16-15-9/h2-4H,5-8,14H2,1H3. The van der Waals surface area contributed by atoms with E-state index >= 15 is 0 Å². The fourth-order valence-electron chi connectivity index (χ4n) is 2.23. The normalized spacial score (nSPS) is 17.9. The van der Waals surface area contributed by atoms with Crippen molar-refractivity contribution in [3.63, 3.8) is 0 Å². The zero-order chi connectivity index (χ0) is 11.2. The van der Waals surface area contributed by atoms with Crippen LogP contribution in [0.4, 0.5) is 0 Å². The summed E-state index contributed by atoms with van der Waals surface area (Å²) in [4.78, 5) is 0. The second-order valence-electron chi connectivity index (χ2n) is 4.92. The lowest BCUT2D eigenvalue weighted by molar-refractivity contribution is 0.450. The lowest BCUT2D eigenvalue weighted by Gasteiger charge is -2.08. The summed E-state index contributed by atoms with van der Waals surface area (Å²) in [6, 6.07) is 6.14. The van der Waals surface area contributed by atoms with Crippen LogP contribution in [0.2, 0.25) is 0 Å². The molecule has 84 valence electrons. The quantitative estimate of drug-likeness (QED) is 0.857. The van der Waals surface area contributed by atoms with Gasteiger partial charge in [-0.05, 0) is 44.2 Å². The smallest absolute Gasteiger partial charge is 0.167 e. The molecule has 1 heterocycles. The second kappa shape index (κ2) is 3.32. The van der Waals surface area contributed by atoms with Gasteiger partial charge in [0.15, 0.2) is 5.58 Å². The van der Waals surface area contributed by atoms with Crippen LogP contribution in [0.3, 0.4) is 0 Å². The van der Waals surface area contributed by atoms with Crippen molar-refractivity contribution in [1.29, 1.82) is 0 Å². The molecule has 0 saturated heterocycles. The molecule has 3 heteroatoms. The number of benzene rings is 1. The largest absolute Gasteiger partial charge is 0.356 e. The van der Waals surface area contributed by atoms with Crippen molar-refractivity contribution >= 4 is 11.0 Å². The fourth-order valence-corrected chi connectivity index (χ4v) is 2.23. The Labute approximate surface area is 94.6 Å².